The molecule has 5 nitrogen and oxygen atoms in total. The third-order valence-corrected chi connectivity index (χ3v) is 2.92. The zero-order chi connectivity index (χ0) is 13.9. The minimum absolute atomic E-state index is 0.215. The van der Waals surface area contributed by atoms with E-state index in [4.69, 9.17) is 16.3 Å². The van der Waals surface area contributed by atoms with Crippen LogP contribution in [0.5, 0.6) is 0 Å². The van der Waals surface area contributed by atoms with Gasteiger partial charge in [-0.25, -0.2) is 9.48 Å². The Morgan fingerprint density at radius 1 is 1.56 bits per heavy atom. The second kappa shape index (κ2) is 6.00. The van der Waals surface area contributed by atoms with Gasteiger partial charge in [-0.1, -0.05) is 25.4 Å². The van der Waals surface area contributed by atoms with Gasteiger partial charge in [0.2, 0.25) is 0 Å². The first-order valence-corrected chi connectivity index (χ1v) is 6.08. The molecular weight excluding hydrogens is 256 g/mol. The predicted molar refractivity (Wildman–Crippen MR) is 68.8 cm³/mol. The zero-order valence-electron chi connectivity index (χ0n) is 10.9. The van der Waals surface area contributed by atoms with Gasteiger partial charge in [-0.15, -0.1) is 0 Å². The molecule has 1 rings (SSSR count). The summed E-state index contributed by atoms with van der Waals surface area (Å²) in [6.45, 7) is 5.60. The van der Waals surface area contributed by atoms with Crippen molar-refractivity contribution >= 4 is 17.6 Å². The number of methoxy groups -OCH3 is 1. The average Bonchev–Trinajstić information content (AvgIpc) is 2.30. The SMILES string of the molecule is COC(=O)[C@H](CC(C)C)n1nc(Cl)c(C)cc1=O. The van der Waals surface area contributed by atoms with Crippen molar-refractivity contribution in [3.05, 3.63) is 27.1 Å². The lowest BCUT2D eigenvalue weighted by Crippen LogP contribution is -2.33. The van der Waals surface area contributed by atoms with Crippen LogP contribution in [0.4, 0.5) is 0 Å². The molecule has 0 radical (unpaired) electrons. The molecule has 0 aliphatic heterocycles. The van der Waals surface area contributed by atoms with Crippen molar-refractivity contribution in [2.45, 2.75) is 33.2 Å². The van der Waals surface area contributed by atoms with Gasteiger partial charge in [0.05, 0.1) is 7.11 Å². The number of halogens is 1. The molecule has 100 valence electrons. The van der Waals surface area contributed by atoms with Crippen LogP contribution >= 0.6 is 11.6 Å². The quantitative estimate of drug-likeness (QED) is 0.786. The standard InChI is InChI=1S/C12H17ClN2O3/c1-7(2)5-9(12(17)18-4)15-10(16)6-8(3)11(13)14-15/h6-7,9H,5H2,1-4H3/t9-/m0/s1. The minimum atomic E-state index is -0.736. The number of nitrogens with zero attached hydrogens (tertiary/aromatic N) is 2. The fourth-order valence-electron chi connectivity index (χ4n) is 1.64. The molecule has 0 saturated carbocycles. The monoisotopic (exact) mass is 272 g/mol. The number of ether oxygens (including phenoxy) is 1. The number of carbonyl (C=O) groups excluding carboxylic acids is 1. The maximum Gasteiger partial charge on any atom is 0.330 e. The lowest BCUT2D eigenvalue weighted by Gasteiger charge is -2.18. The van der Waals surface area contributed by atoms with Crippen LogP contribution in [0, 0.1) is 12.8 Å². The lowest BCUT2D eigenvalue weighted by atomic mass is 10.0. The molecule has 1 heterocycles. The number of aryl methyl sites for hydroxylation is 1. The van der Waals surface area contributed by atoms with Gasteiger partial charge in [-0.3, -0.25) is 4.79 Å². The minimum Gasteiger partial charge on any atom is -0.467 e. The summed E-state index contributed by atoms with van der Waals surface area (Å²) in [4.78, 5) is 23.6. The van der Waals surface area contributed by atoms with E-state index in [0.717, 1.165) is 4.68 Å². The Balaban J connectivity index is 3.24. The molecule has 0 saturated heterocycles. The van der Waals surface area contributed by atoms with E-state index in [1.165, 1.54) is 13.2 Å². The van der Waals surface area contributed by atoms with Crippen molar-refractivity contribution in [3.63, 3.8) is 0 Å². The molecular formula is C12H17ClN2O3. The first-order valence-electron chi connectivity index (χ1n) is 5.70. The molecule has 1 aromatic rings. The smallest absolute Gasteiger partial charge is 0.330 e. The molecule has 0 N–H and O–H groups in total. The van der Waals surface area contributed by atoms with E-state index in [0.29, 0.717) is 12.0 Å². The maximum absolute atomic E-state index is 11.9. The van der Waals surface area contributed by atoms with Gasteiger partial charge in [0, 0.05) is 6.07 Å². The fraction of sp³-hybridized carbons (Fsp3) is 0.583. The molecule has 1 aromatic heterocycles. The summed E-state index contributed by atoms with van der Waals surface area (Å²) in [6.07, 6.45) is 0.471. The molecule has 1 atom stereocenters. The second-order valence-corrected chi connectivity index (χ2v) is 4.93. The zero-order valence-corrected chi connectivity index (χ0v) is 11.7. The Kier molecular flexibility index (Phi) is 4.90. The van der Waals surface area contributed by atoms with Gasteiger partial charge in [-0.05, 0) is 24.8 Å². The van der Waals surface area contributed by atoms with Crippen molar-refractivity contribution in [1.82, 2.24) is 9.78 Å². The fourth-order valence-corrected chi connectivity index (χ4v) is 1.77. The molecule has 18 heavy (non-hydrogen) atoms. The number of hydrogen-bond acceptors (Lipinski definition) is 4. The van der Waals surface area contributed by atoms with E-state index in [9.17, 15) is 9.59 Å². The van der Waals surface area contributed by atoms with E-state index in [1.54, 1.807) is 6.92 Å². The van der Waals surface area contributed by atoms with Crippen molar-refractivity contribution in [2.24, 2.45) is 5.92 Å². The molecule has 0 bridgehead atoms. The summed E-state index contributed by atoms with van der Waals surface area (Å²) >= 11 is 5.89. The highest BCUT2D eigenvalue weighted by Gasteiger charge is 2.25. The summed E-state index contributed by atoms with van der Waals surface area (Å²) < 4.78 is 5.81. The van der Waals surface area contributed by atoms with Gasteiger partial charge in [0.15, 0.2) is 11.2 Å². The van der Waals surface area contributed by atoms with Crippen LogP contribution in [0.1, 0.15) is 31.9 Å². The van der Waals surface area contributed by atoms with Crippen molar-refractivity contribution in [2.75, 3.05) is 7.11 Å². The van der Waals surface area contributed by atoms with Crippen LogP contribution in [-0.4, -0.2) is 22.9 Å². The van der Waals surface area contributed by atoms with Crippen molar-refractivity contribution in [1.29, 1.82) is 0 Å². The van der Waals surface area contributed by atoms with Crippen LogP contribution in [-0.2, 0) is 9.53 Å². The van der Waals surface area contributed by atoms with Crippen LogP contribution in [0.3, 0.4) is 0 Å². The number of rotatable bonds is 4. The molecule has 0 fully saturated rings. The number of carbonyl (C=O) groups is 1. The molecule has 0 aromatic carbocycles. The molecule has 0 aliphatic rings. The highest BCUT2D eigenvalue weighted by molar-refractivity contribution is 6.30. The highest BCUT2D eigenvalue weighted by Crippen LogP contribution is 2.18. The number of aromatic nitrogens is 2. The Bertz CT molecular complexity index is 497. The van der Waals surface area contributed by atoms with Gasteiger partial charge < -0.3 is 4.74 Å². The summed E-state index contributed by atoms with van der Waals surface area (Å²) in [5.41, 5.74) is 0.235. The topological polar surface area (TPSA) is 61.2 Å². The third kappa shape index (κ3) is 3.32. The summed E-state index contributed by atoms with van der Waals surface area (Å²) in [5.74, 6) is -0.263. The Labute approximate surface area is 111 Å². The summed E-state index contributed by atoms with van der Waals surface area (Å²) in [6, 6.07) is 0.631. The molecule has 0 spiro atoms. The molecule has 0 unspecified atom stereocenters. The molecule has 6 heteroatoms. The third-order valence-electron chi connectivity index (χ3n) is 2.55. The average molecular weight is 273 g/mol. The van der Waals surface area contributed by atoms with Crippen LogP contribution in [0.15, 0.2) is 10.9 Å². The predicted octanol–water partition coefficient (Wildman–Crippen LogP) is 1.97. The largest absolute Gasteiger partial charge is 0.467 e. The normalized spacial score (nSPS) is 12.6. The summed E-state index contributed by atoms with van der Waals surface area (Å²) in [5, 5.41) is 4.18. The maximum atomic E-state index is 11.9. The van der Waals surface area contributed by atoms with E-state index >= 15 is 0 Å². The van der Waals surface area contributed by atoms with E-state index in [1.807, 2.05) is 13.8 Å². The van der Waals surface area contributed by atoms with Crippen LogP contribution < -0.4 is 5.56 Å². The van der Waals surface area contributed by atoms with Gasteiger partial charge in [0.1, 0.15) is 0 Å². The van der Waals surface area contributed by atoms with Gasteiger partial charge in [-0.2, -0.15) is 5.10 Å². The van der Waals surface area contributed by atoms with Crippen molar-refractivity contribution in [3.8, 4) is 0 Å². The molecule has 0 amide bonds. The lowest BCUT2D eigenvalue weighted by molar-refractivity contribution is -0.145. The van der Waals surface area contributed by atoms with E-state index in [2.05, 4.69) is 5.10 Å². The van der Waals surface area contributed by atoms with Gasteiger partial charge >= 0.3 is 5.97 Å². The van der Waals surface area contributed by atoms with Crippen molar-refractivity contribution < 1.29 is 9.53 Å². The number of esters is 1. The van der Waals surface area contributed by atoms with Gasteiger partial charge in [0.25, 0.3) is 5.56 Å². The van der Waals surface area contributed by atoms with Crippen LogP contribution in [0.2, 0.25) is 5.15 Å². The Hall–Kier alpha value is -1.36. The number of hydrogen-bond donors (Lipinski definition) is 0. The highest BCUT2D eigenvalue weighted by atomic mass is 35.5. The van der Waals surface area contributed by atoms with E-state index in [-0.39, 0.29) is 16.6 Å². The second-order valence-electron chi connectivity index (χ2n) is 4.57. The Morgan fingerprint density at radius 2 is 2.17 bits per heavy atom. The first kappa shape index (κ1) is 14.7. The van der Waals surface area contributed by atoms with E-state index < -0.39 is 12.0 Å². The Morgan fingerprint density at radius 3 is 2.67 bits per heavy atom. The molecule has 0 aliphatic carbocycles. The summed E-state index contributed by atoms with van der Waals surface area (Å²) in [7, 11) is 1.29. The van der Waals surface area contributed by atoms with Crippen LogP contribution in [0.25, 0.3) is 0 Å². The first-order chi connectivity index (χ1) is 8.36.